The molecule has 0 aliphatic rings. The van der Waals surface area contributed by atoms with Crippen molar-refractivity contribution < 1.29 is 17.2 Å². The van der Waals surface area contributed by atoms with Crippen molar-refractivity contribution in [3.63, 3.8) is 0 Å². The van der Waals surface area contributed by atoms with Gasteiger partial charge in [-0.2, -0.15) is 0 Å². The van der Waals surface area contributed by atoms with Crippen LogP contribution in [0.25, 0.3) is 0 Å². The van der Waals surface area contributed by atoms with Crippen molar-refractivity contribution >= 4 is 27.3 Å². The standard InChI is InChI=1S/C17H14F2N4O2S/c1-11-2-5-13(6-3-11)26(24,25)23-17-9-8-16(21-22-17)20-12-4-7-14(18)15(19)10-12/h2-10H,1H3,(H,20,21)(H,22,23). The SMILES string of the molecule is Cc1ccc(S(=O)(=O)Nc2ccc(Nc3ccc(F)c(F)c3)nn2)cc1. The van der Waals surface area contributed by atoms with E-state index in [1.54, 1.807) is 12.1 Å². The van der Waals surface area contributed by atoms with Gasteiger partial charge in [0.1, 0.15) is 0 Å². The lowest BCUT2D eigenvalue weighted by Crippen LogP contribution is -2.14. The average Bonchev–Trinajstić information content (AvgIpc) is 2.60. The first-order chi connectivity index (χ1) is 12.3. The van der Waals surface area contributed by atoms with Gasteiger partial charge in [0.2, 0.25) is 0 Å². The maximum absolute atomic E-state index is 13.2. The van der Waals surface area contributed by atoms with E-state index >= 15 is 0 Å². The summed E-state index contributed by atoms with van der Waals surface area (Å²) in [5.41, 5.74) is 1.22. The second kappa shape index (κ2) is 7.04. The Kier molecular flexibility index (Phi) is 4.81. The summed E-state index contributed by atoms with van der Waals surface area (Å²) in [6.45, 7) is 1.86. The third kappa shape index (κ3) is 4.12. The molecule has 3 rings (SSSR count). The van der Waals surface area contributed by atoms with Gasteiger partial charge in [-0.1, -0.05) is 17.7 Å². The topological polar surface area (TPSA) is 84.0 Å². The number of hydrogen-bond donors (Lipinski definition) is 2. The van der Waals surface area contributed by atoms with E-state index in [4.69, 9.17) is 0 Å². The van der Waals surface area contributed by atoms with Crippen molar-refractivity contribution in [3.05, 3.63) is 71.8 Å². The van der Waals surface area contributed by atoms with Crippen LogP contribution in [0.15, 0.2) is 59.5 Å². The molecule has 0 radical (unpaired) electrons. The second-order valence-electron chi connectivity index (χ2n) is 5.48. The summed E-state index contributed by atoms with van der Waals surface area (Å²) in [4.78, 5) is 0.105. The molecule has 6 nitrogen and oxygen atoms in total. The van der Waals surface area contributed by atoms with E-state index in [0.29, 0.717) is 0 Å². The van der Waals surface area contributed by atoms with Gasteiger partial charge in [0.25, 0.3) is 10.0 Å². The molecule has 9 heteroatoms. The van der Waals surface area contributed by atoms with Crippen molar-refractivity contribution in [1.29, 1.82) is 0 Å². The molecular formula is C17H14F2N4O2S. The van der Waals surface area contributed by atoms with Crippen LogP contribution in [0.2, 0.25) is 0 Å². The minimum atomic E-state index is -3.78. The lowest BCUT2D eigenvalue weighted by atomic mass is 10.2. The summed E-state index contributed by atoms with van der Waals surface area (Å²) in [5, 5.41) is 10.3. The predicted molar refractivity (Wildman–Crippen MR) is 93.7 cm³/mol. The summed E-state index contributed by atoms with van der Waals surface area (Å²) < 4.78 is 53.0. The summed E-state index contributed by atoms with van der Waals surface area (Å²) in [6.07, 6.45) is 0. The Morgan fingerprint density at radius 2 is 1.50 bits per heavy atom. The van der Waals surface area contributed by atoms with E-state index in [-0.39, 0.29) is 22.2 Å². The van der Waals surface area contributed by atoms with Gasteiger partial charge in [-0.3, -0.25) is 4.72 Å². The van der Waals surface area contributed by atoms with Crippen LogP contribution in [0.5, 0.6) is 0 Å². The van der Waals surface area contributed by atoms with E-state index in [1.807, 2.05) is 6.92 Å². The van der Waals surface area contributed by atoms with E-state index in [1.165, 1.54) is 30.3 Å². The van der Waals surface area contributed by atoms with Gasteiger partial charge in [-0.05, 0) is 43.3 Å². The van der Waals surface area contributed by atoms with Crippen molar-refractivity contribution in [2.45, 2.75) is 11.8 Å². The number of nitrogens with one attached hydrogen (secondary N) is 2. The van der Waals surface area contributed by atoms with Gasteiger partial charge < -0.3 is 5.32 Å². The van der Waals surface area contributed by atoms with Crippen molar-refractivity contribution in [2.24, 2.45) is 0 Å². The van der Waals surface area contributed by atoms with E-state index in [2.05, 4.69) is 20.2 Å². The summed E-state index contributed by atoms with van der Waals surface area (Å²) in [6, 6.07) is 12.5. The van der Waals surface area contributed by atoms with E-state index < -0.39 is 21.7 Å². The van der Waals surface area contributed by atoms with Crippen LogP contribution >= 0.6 is 0 Å². The van der Waals surface area contributed by atoms with Crippen molar-refractivity contribution in [2.75, 3.05) is 10.0 Å². The second-order valence-corrected chi connectivity index (χ2v) is 7.16. The summed E-state index contributed by atoms with van der Waals surface area (Å²) >= 11 is 0. The molecule has 0 atom stereocenters. The van der Waals surface area contributed by atoms with E-state index in [0.717, 1.165) is 17.7 Å². The van der Waals surface area contributed by atoms with Crippen LogP contribution < -0.4 is 10.0 Å². The monoisotopic (exact) mass is 376 g/mol. The molecule has 26 heavy (non-hydrogen) atoms. The molecule has 0 aliphatic heterocycles. The summed E-state index contributed by atoms with van der Waals surface area (Å²) in [5.74, 6) is -1.68. The number of rotatable bonds is 5. The number of anilines is 3. The highest BCUT2D eigenvalue weighted by Gasteiger charge is 2.14. The zero-order valence-electron chi connectivity index (χ0n) is 13.6. The first-order valence-corrected chi connectivity index (χ1v) is 8.97. The van der Waals surface area contributed by atoms with Crippen molar-refractivity contribution in [1.82, 2.24) is 10.2 Å². The number of hydrogen-bond acceptors (Lipinski definition) is 5. The molecule has 3 aromatic rings. The Labute approximate surface area is 149 Å². The number of halogens is 2. The van der Waals surface area contributed by atoms with Crippen LogP contribution in [-0.2, 0) is 10.0 Å². The van der Waals surface area contributed by atoms with Crippen molar-refractivity contribution in [3.8, 4) is 0 Å². The van der Waals surface area contributed by atoms with E-state index in [9.17, 15) is 17.2 Å². The molecule has 0 bridgehead atoms. The first kappa shape index (κ1) is 17.7. The Morgan fingerprint density at radius 3 is 2.12 bits per heavy atom. The normalized spacial score (nSPS) is 11.2. The number of nitrogens with zero attached hydrogens (tertiary/aromatic N) is 2. The zero-order chi connectivity index (χ0) is 18.7. The molecule has 1 heterocycles. The zero-order valence-corrected chi connectivity index (χ0v) is 14.4. The fraction of sp³-hybridized carbons (Fsp3) is 0.0588. The molecular weight excluding hydrogens is 362 g/mol. The van der Waals surface area contributed by atoms with Crippen LogP contribution in [-0.4, -0.2) is 18.6 Å². The van der Waals surface area contributed by atoms with Gasteiger partial charge in [-0.25, -0.2) is 17.2 Å². The number of aromatic nitrogens is 2. The minimum Gasteiger partial charge on any atom is -0.339 e. The minimum absolute atomic E-state index is 0.0291. The van der Waals surface area contributed by atoms with Gasteiger partial charge in [0.15, 0.2) is 23.3 Å². The number of benzene rings is 2. The molecule has 134 valence electrons. The predicted octanol–water partition coefficient (Wildman–Crippen LogP) is 3.61. The fourth-order valence-electron chi connectivity index (χ4n) is 2.09. The Balaban J connectivity index is 1.73. The molecule has 0 saturated heterocycles. The van der Waals surface area contributed by atoms with Crippen LogP contribution in [0.4, 0.5) is 26.1 Å². The highest BCUT2D eigenvalue weighted by Crippen LogP contribution is 2.19. The molecule has 0 spiro atoms. The molecule has 0 fully saturated rings. The Hall–Kier alpha value is -3.07. The maximum atomic E-state index is 13.2. The van der Waals surface area contributed by atoms with Gasteiger partial charge in [0.05, 0.1) is 4.90 Å². The molecule has 2 N–H and O–H groups in total. The largest absolute Gasteiger partial charge is 0.339 e. The quantitative estimate of drug-likeness (QED) is 0.711. The van der Waals surface area contributed by atoms with Gasteiger partial charge in [-0.15, -0.1) is 10.2 Å². The number of sulfonamides is 1. The molecule has 0 amide bonds. The molecule has 2 aromatic carbocycles. The summed E-state index contributed by atoms with van der Waals surface area (Å²) in [7, 11) is -3.78. The first-order valence-electron chi connectivity index (χ1n) is 7.49. The molecule has 1 aromatic heterocycles. The highest BCUT2D eigenvalue weighted by atomic mass is 32.2. The third-order valence-corrected chi connectivity index (χ3v) is 4.80. The third-order valence-electron chi connectivity index (χ3n) is 3.43. The number of aryl methyl sites for hydroxylation is 1. The van der Waals surface area contributed by atoms with Gasteiger partial charge in [0, 0.05) is 11.8 Å². The van der Waals surface area contributed by atoms with Crippen LogP contribution in [0, 0.1) is 18.6 Å². The molecule has 0 aliphatic carbocycles. The Morgan fingerprint density at radius 1 is 0.846 bits per heavy atom. The Bertz CT molecular complexity index is 1020. The van der Waals surface area contributed by atoms with Gasteiger partial charge >= 0.3 is 0 Å². The average molecular weight is 376 g/mol. The molecule has 0 saturated carbocycles. The maximum Gasteiger partial charge on any atom is 0.263 e. The molecule has 0 unspecified atom stereocenters. The smallest absolute Gasteiger partial charge is 0.263 e. The lowest BCUT2D eigenvalue weighted by molar-refractivity contribution is 0.509. The van der Waals surface area contributed by atoms with Crippen LogP contribution in [0.3, 0.4) is 0 Å². The fourth-order valence-corrected chi connectivity index (χ4v) is 3.09. The van der Waals surface area contributed by atoms with Crippen LogP contribution in [0.1, 0.15) is 5.56 Å². The highest BCUT2D eigenvalue weighted by molar-refractivity contribution is 7.92. The lowest BCUT2D eigenvalue weighted by Gasteiger charge is -2.09.